The maximum Gasteiger partial charge on any atom is 0.255 e. The third kappa shape index (κ3) is 6.37. The molecule has 0 bridgehead atoms. The van der Waals surface area contributed by atoms with Crippen LogP contribution in [0.25, 0.3) is 0 Å². The number of nitrogens with one attached hydrogen (secondary N) is 2. The summed E-state index contributed by atoms with van der Waals surface area (Å²) in [7, 11) is 0. The van der Waals surface area contributed by atoms with Crippen molar-refractivity contribution in [3.8, 4) is 5.75 Å². The number of thioether (sulfide) groups is 1. The topological polar surface area (TPSA) is 81.1 Å². The highest BCUT2D eigenvalue weighted by molar-refractivity contribution is 7.98. The van der Waals surface area contributed by atoms with Crippen molar-refractivity contribution in [2.45, 2.75) is 44.3 Å². The Kier molecular flexibility index (Phi) is 8.72. The molecule has 1 amide bonds. The fourth-order valence-electron chi connectivity index (χ4n) is 5.12. The minimum Gasteiger partial charge on any atom is -0.489 e. The van der Waals surface area contributed by atoms with Gasteiger partial charge in [-0.1, -0.05) is 96.2 Å². The molecule has 9 heteroatoms. The number of ether oxygens (including phenoxy) is 1. The number of fused-ring (bicyclic) bond motifs is 1. The summed E-state index contributed by atoms with van der Waals surface area (Å²) < 4.78 is 7.84. The van der Waals surface area contributed by atoms with Crippen molar-refractivity contribution >= 4 is 40.9 Å². The average molecular weight is 622 g/mol. The summed E-state index contributed by atoms with van der Waals surface area (Å²) in [5, 5.41) is 12.7. The van der Waals surface area contributed by atoms with Gasteiger partial charge in [0.1, 0.15) is 18.4 Å². The van der Waals surface area contributed by atoms with Crippen LogP contribution in [0.4, 0.5) is 11.6 Å². The lowest BCUT2D eigenvalue weighted by molar-refractivity contribution is -0.113. The van der Waals surface area contributed by atoms with E-state index in [1.54, 1.807) is 16.4 Å². The minimum atomic E-state index is -0.507. The van der Waals surface area contributed by atoms with Crippen LogP contribution < -0.4 is 15.4 Å². The van der Waals surface area contributed by atoms with Gasteiger partial charge in [-0.15, -0.1) is 5.10 Å². The van der Waals surface area contributed by atoms with Gasteiger partial charge in [-0.2, -0.15) is 4.98 Å². The number of aryl methyl sites for hydroxylation is 1. The van der Waals surface area contributed by atoms with E-state index < -0.39 is 6.04 Å². The van der Waals surface area contributed by atoms with E-state index in [-0.39, 0.29) is 5.91 Å². The van der Waals surface area contributed by atoms with Crippen LogP contribution >= 0.6 is 23.4 Å². The number of nitrogens with zero attached hydrogens (tertiary/aromatic N) is 3. The average Bonchev–Trinajstić information content (AvgIpc) is 3.44. The Bertz CT molecular complexity index is 1840. The van der Waals surface area contributed by atoms with Crippen LogP contribution in [0.1, 0.15) is 40.8 Å². The minimum absolute atomic E-state index is 0.201. The van der Waals surface area contributed by atoms with Crippen LogP contribution in [0.3, 0.4) is 0 Å². The molecule has 0 radical (unpaired) electrons. The monoisotopic (exact) mass is 621 g/mol. The largest absolute Gasteiger partial charge is 0.489 e. The number of hydrogen-bond acceptors (Lipinski definition) is 6. The first-order valence-corrected chi connectivity index (χ1v) is 15.7. The van der Waals surface area contributed by atoms with E-state index in [1.807, 2.05) is 106 Å². The number of anilines is 2. The highest BCUT2D eigenvalue weighted by Gasteiger charge is 2.34. The second-order valence-electron chi connectivity index (χ2n) is 10.7. The molecule has 0 aliphatic carbocycles. The Hall–Kier alpha value is -4.53. The zero-order valence-electron chi connectivity index (χ0n) is 24.7. The molecular weight excluding hydrogens is 590 g/mol. The molecule has 1 aromatic heterocycles. The molecule has 2 N–H and O–H groups in total. The lowest BCUT2D eigenvalue weighted by Crippen LogP contribution is -2.31. The van der Waals surface area contributed by atoms with Gasteiger partial charge in [0.05, 0.1) is 5.57 Å². The number of carbonyl (C=O) groups excluding carboxylic acids is 1. The third-order valence-electron chi connectivity index (χ3n) is 7.69. The molecule has 7 nitrogen and oxygen atoms in total. The summed E-state index contributed by atoms with van der Waals surface area (Å²) in [5.74, 6) is 1.82. The Morgan fingerprint density at radius 3 is 2.48 bits per heavy atom. The van der Waals surface area contributed by atoms with Gasteiger partial charge >= 0.3 is 0 Å². The number of halogens is 1. The van der Waals surface area contributed by atoms with Gasteiger partial charge in [0.25, 0.3) is 5.91 Å². The first kappa shape index (κ1) is 29.5. The molecule has 222 valence electrons. The molecule has 0 saturated carbocycles. The maximum atomic E-state index is 14.0. The molecule has 5 aromatic rings. The van der Waals surface area contributed by atoms with E-state index in [0.717, 1.165) is 39.4 Å². The van der Waals surface area contributed by atoms with E-state index in [1.165, 1.54) is 5.56 Å². The number of rotatable bonds is 9. The number of hydrogen-bond donors (Lipinski definition) is 2. The molecule has 0 spiro atoms. The predicted molar refractivity (Wildman–Crippen MR) is 177 cm³/mol. The Balaban J connectivity index is 1.31. The lowest BCUT2D eigenvalue weighted by Gasteiger charge is -2.29. The van der Waals surface area contributed by atoms with Crippen molar-refractivity contribution in [2.75, 3.05) is 10.6 Å². The van der Waals surface area contributed by atoms with Gasteiger partial charge in [0, 0.05) is 27.7 Å². The third-order valence-corrected chi connectivity index (χ3v) is 8.97. The van der Waals surface area contributed by atoms with Crippen molar-refractivity contribution in [3.63, 3.8) is 0 Å². The van der Waals surface area contributed by atoms with Gasteiger partial charge in [-0.05, 0) is 67.3 Å². The van der Waals surface area contributed by atoms with Crippen LogP contribution in [-0.4, -0.2) is 20.7 Å². The summed E-state index contributed by atoms with van der Waals surface area (Å²) in [6.07, 6.45) is 0. The van der Waals surface area contributed by atoms with Crippen LogP contribution in [0, 0.1) is 13.8 Å². The van der Waals surface area contributed by atoms with E-state index in [2.05, 4.69) is 22.8 Å². The Morgan fingerprint density at radius 1 is 0.955 bits per heavy atom. The first-order chi connectivity index (χ1) is 21.4. The second kappa shape index (κ2) is 13.0. The molecule has 0 saturated heterocycles. The highest BCUT2D eigenvalue weighted by atomic mass is 35.5. The van der Waals surface area contributed by atoms with Gasteiger partial charge in [0.15, 0.2) is 0 Å². The van der Waals surface area contributed by atoms with Gasteiger partial charge in [-0.25, -0.2) is 4.68 Å². The van der Waals surface area contributed by atoms with Crippen LogP contribution in [0.15, 0.2) is 113 Å². The van der Waals surface area contributed by atoms with Gasteiger partial charge in [-0.3, -0.25) is 4.79 Å². The Labute approximate surface area is 266 Å². The standard InChI is InChI=1S/C35H32ClN5O2S/c1-22-10-9-15-30(23(22)2)38-33(42)31-24(3)37-34-39-35(44-21-25-11-5-4-6-12-25)40-41(34)32(31)26-16-18-28(19-17-26)43-20-27-13-7-8-14-29(27)36/h4-19,32H,20-21H2,1-3H3,(H,38,42)(H,37,39,40). The van der Waals surface area contributed by atoms with Crippen molar-refractivity contribution in [1.82, 2.24) is 14.8 Å². The van der Waals surface area contributed by atoms with Crippen LogP contribution in [-0.2, 0) is 17.2 Å². The second-order valence-corrected chi connectivity index (χ2v) is 12.0. The highest BCUT2D eigenvalue weighted by Crippen LogP contribution is 2.38. The normalized spacial score (nSPS) is 14.1. The summed E-state index contributed by atoms with van der Waals surface area (Å²) in [6, 6.07) is 31.0. The molecule has 4 aromatic carbocycles. The number of aromatic nitrogens is 3. The van der Waals surface area contributed by atoms with E-state index in [9.17, 15) is 4.79 Å². The maximum absolute atomic E-state index is 14.0. The predicted octanol–water partition coefficient (Wildman–Crippen LogP) is 8.35. The summed E-state index contributed by atoms with van der Waals surface area (Å²) in [4.78, 5) is 18.8. The fourth-order valence-corrected chi connectivity index (χ4v) is 6.09. The van der Waals surface area contributed by atoms with Crippen molar-refractivity contribution < 1.29 is 9.53 Å². The fraction of sp³-hybridized carbons (Fsp3) is 0.171. The number of allylic oxidation sites excluding steroid dienone is 1. The molecule has 1 aliphatic rings. The first-order valence-electron chi connectivity index (χ1n) is 14.3. The van der Waals surface area contributed by atoms with Crippen molar-refractivity contribution in [2.24, 2.45) is 0 Å². The molecule has 2 heterocycles. The number of amides is 1. The lowest BCUT2D eigenvalue weighted by atomic mass is 9.94. The quantitative estimate of drug-likeness (QED) is 0.161. The van der Waals surface area contributed by atoms with E-state index in [0.29, 0.717) is 34.1 Å². The Morgan fingerprint density at radius 2 is 1.70 bits per heavy atom. The van der Waals surface area contributed by atoms with E-state index in [4.69, 9.17) is 26.4 Å². The summed E-state index contributed by atoms with van der Waals surface area (Å²) >= 11 is 7.87. The summed E-state index contributed by atoms with van der Waals surface area (Å²) in [5.41, 5.74) is 7.18. The molecule has 44 heavy (non-hydrogen) atoms. The summed E-state index contributed by atoms with van der Waals surface area (Å²) in [6.45, 7) is 6.30. The van der Waals surface area contributed by atoms with Crippen molar-refractivity contribution in [3.05, 3.63) is 141 Å². The van der Waals surface area contributed by atoms with Crippen LogP contribution in [0.2, 0.25) is 5.02 Å². The SMILES string of the molecule is CC1=C(C(=O)Nc2cccc(C)c2C)C(c2ccc(OCc3ccccc3Cl)cc2)n2nc(SCc3ccccc3)nc2N1. The van der Waals surface area contributed by atoms with Crippen LogP contribution in [0.5, 0.6) is 5.75 Å². The smallest absolute Gasteiger partial charge is 0.255 e. The molecule has 1 atom stereocenters. The van der Waals surface area contributed by atoms with Crippen molar-refractivity contribution in [1.29, 1.82) is 0 Å². The molecule has 1 aliphatic heterocycles. The zero-order chi connectivity index (χ0) is 30.6. The number of benzene rings is 4. The van der Waals surface area contributed by atoms with Gasteiger partial charge < -0.3 is 15.4 Å². The zero-order valence-corrected chi connectivity index (χ0v) is 26.2. The number of carbonyl (C=O) groups is 1. The molecule has 0 fully saturated rings. The molecular formula is C35H32ClN5O2S. The van der Waals surface area contributed by atoms with E-state index >= 15 is 0 Å². The molecule has 6 rings (SSSR count). The molecule has 1 unspecified atom stereocenters. The van der Waals surface area contributed by atoms with Gasteiger partial charge in [0.2, 0.25) is 11.1 Å².